The van der Waals surface area contributed by atoms with Crippen LogP contribution in [0.5, 0.6) is 0 Å². The molecule has 1 atom stereocenters. The number of ether oxygens (including phenoxy) is 1. The molecular weight excluding hydrogens is 218 g/mol. The number of hydrogen-bond acceptors (Lipinski definition) is 3. The Labute approximate surface area is 104 Å². The third kappa shape index (κ3) is 8.74. The van der Waals surface area contributed by atoms with Crippen LogP contribution in [0.25, 0.3) is 0 Å². The van der Waals surface area contributed by atoms with E-state index in [0.29, 0.717) is 0 Å². The van der Waals surface area contributed by atoms with Crippen molar-refractivity contribution < 1.29 is 14.6 Å². The monoisotopic (exact) mass is 243 g/mol. The van der Waals surface area contributed by atoms with Gasteiger partial charge in [-0.05, 0) is 39.2 Å². The number of hydrogen-bond donors (Lipinski definition) is 2. The van der Waals surface area contributed by atoms with Crippen LogP contribution in [0.1, 0.15) is 47.0 Å². The highest BCUT2D eigenvalue weighted by Gasteiger charge is 2.17. The van der Waals surface area contributed by atoms with Crippen LogP contribution < -0.4 is 5.32 Å². The summed E-state index contributed by atoms with van der Waals surface area (Å²) in [7, 11) is 0. The van der Waals surface area contributed by atoms with Crippen LogP contribution >= 0.6 is 0 Å². The molecule has 0 aromatic rings. The number of aliphatic hydroxyl groups is 1. The third-order valence-corrected chi connectivity index (χ3v) is 2.16. The average molecular weight is 243 g/mol. The van der Waals surface area contributed by atoms with Gasteiger partial charge in [-0.15, -0.1) is 0 Å². The molecule has 0 spiro atoms. The van der Waals surface area contributed by atoms with Crippen LogP contribution in [0.4, 0.5) is 4.79 Å². The minimum absolute atomic E-state index is 0.150. The SMILES string of the molecule is C=C(CCCC)C(O)CNC(=O)OC(C)(C)C. The minimum atomic E-state index is -0.700. The predicted molar refractivity (Wildman–Crippen MR) is 68.9 cm³/mol. The van der Waals surface area contributed by atoms with Crippen LogP contribution in [-0.4, -0.2) is 29.4 Å². The molecule has 0 fully saturated rings. The van der Waals surface area contributed by atoms with E-state index in [4.69, 9.17) is 4.74 Å². The largest absolute Gasteiger partial charge is 0.444 e. The van der Waals surface area contributed by atoms with Gasteiger partial charge in [-0.25, -0.2) is 4.79 Å². The Kier molecular flexibility index (Phi) is 6.88. The van der Waals surface area contributed by atoms with Gasteiger partial charge in [0.05, 0.1) is 12.6 Å². The molecule has 0 saturated carbocycles. The maximum Gasteiger partial charge on any atom is 0.407 e. The molecule has 100 valence electrons. The van der Waals surface area contributed by atoms with E-state index in [9.17, 15) is 9.90 Å². The molecular formula is C13H25NO3. The number of unbranched alkanes of at least 4 members (excludes halogenated alkanes) is 1. The van der Waals surface area contributed by atoms with Crippen molar-refractivity contribution in [2.45, 2.75) is 58.7 Å². The lowest BCUT2D eigenvalue weighted by atomic mass is 10.1. The normalized spacial score (nSPS) is 13.0. The predicted octanol–water partition coefficient (Wildman–Crippen LogP) is 2.62. The van der Waals surface area contributed by atoms with Gasteiger partial charge < -0.3 is 15.2 Å². The van der Waals surface area contributed by atoms with Crippen molar-refractivity contribution in [3.63, 3.8) is 0 Å². The van der Waals surface area contributed by atoms with Crippen LogP contribution in [0.15, 0.2) is 12.2 Å². The molecule has 4 nitrogen and oxygen atoms in total. The van der Waals surface area contributed by atoms with E-state index >= 15 is 0 Å². The van der Waals surface area contributed by atoms with Crippen LogP contribution in [0, 0.1) is 0 Å². The van der Waals surface area contributed by atoms with Crippen LogP contribution in [0.3, 0.4) is 0 Å². The molecule has 1 amide bonds. The van der Waals surface area contributed by atoms with E-state index in [1.165, 1.54) is 0 Å². The molecule has 0 aromatic carbocycles. The lowest BCUT2D eigenvalue weighted by Gasteiger charge is -2.21. The van der Waals surface area contributed by atoms with E-state index in [2.05, 4.69) is 18.8 Å². The number of alkyl carbamates (subject to hydrolysis) is 1. The molecule has 4 heteroatoms. The zero-order chi connectivity index (χ0) is 13.5. The number of aliphatic hydroxyl groups excluding tert-OH is 1. The summed E-state index contributed by atoms with van der Waals surface area (Å²) >= 11 is 0. The van der Waals surface area contributed by atoms with Crippen molar-refractivity contribution in [1.82, 2.24) is 5.32 Å². The first-order chi connectivity index (χ1) is 7.76. The van der Waals surface area contributed by atoms with Gasteiger partial charge in [0, 0.05) is 0 Å². The number of amides is 1. The van der Waals surface area contributed by atoms with E-state index < -0.39 is 17.8 Å². The van der Waals surface area contributed by atoms with Crippen molar-refractivity contribution in [2.24, 2.45) is 0 Å². The Morgan fingerprint density at radius 2 is 2.06 bits per heavy atom. The average Bonchev–Trinajstić information content (AvgIpc) is 2.20. The van der Waals surface area contributed by atoms with Crippen molar-refractivity contribution in [2.75, 3.05) is 6.54 Å². The minimum Gasteiger partial charge on any atom is -0.444 e. The van der Waals surface area contributed by atoms with Gasteiger partial charge in [-0.3, -0.25) is 0 Å². The maximum absolute atomic E-state index is 11.3. The summed E-state index contributed by atoms with van der Waals surface area (Å²) in [4.78, 5) is 11.3. The zero-order valence-corrected chi connectivity index (χ0v) is 11.4. The van der Waals surface area contributed by atoms with E-state index in [-0.39, 0.29) is 6.54 Å². The summed E-state index contributed by atoms with van der Waals surface area (Å²) < 4.78 is 5.06. The Morgan fingerprint density at radius 3 is 2.53 bits per heavy atom. The summed E-state index contributed by atoms with van der Waals surface area (Å²) in [5, 5.41) is 12.2. The van der Waals surface area contributed by atoms with Gasteiger partial charge in [-0.2, -0.15) is 0 Å². The summed E-state index contributed by atoms with van der Waals surface area (Å²) in [6.45, 7) is 11.4. The molecule has 0 rings (SSSR count). The molecule has 0 aliphatic carbocycles. The fourth-order valence-electron chi connectivity index (χ4n) is 1.21. The van der Waals surface area contributed by atoms with Crippen molar-refractivity contribution in [3.8, 4) is 0 Å². The van der Waals surface area contributed by atoms with E-state index in [1.54, 1.807) is 20.8 Å². The Balaban J connectivity index is 3.87. The molecule has 0 aliphatic heterocycles. The number of rotatable bonds is 6. The molecule has 1 unspecified atom stereocenters. The zero-order valence-electron chi connectivity index (χ0n) is 11.4. The molecule has 0 aliphatic rings. The first-order valence-corrected chi connectivity index (χ1v) is 6.09. The summed E-state index contributed by atoms with van der Waals surface area (Å²) in [5.74, 6) is 0. The maximum atomic E-state index is 11.3. The second-order valence-corrected chi connectivity index (χ2v) is 5.16. The third-order valence-electron chi connectivity index (χ3n) is 2.16. The molecule has 0 bridgehead atoms. The quantitative estimate of drug-likeness (QED) is 0.705. The topological polar surface area (TPSA) is 58.6 Å². The molecule has 0 heterocycles. The van der Waals surface area contributed by atoms with Gasteiger partial charge in [-0.1, -0.05) is 19.9 Å². The lowest BCUT2D eigenvalue weighted by molar-refractivity contribution is 0.0502. The van der Waals surface area contributed by atoms with Crippen molar-refractivity contribution >= 4 is 6.09 Å². The van der Waals surface area contributed by atoms with Gasteiger partial charge >= 0.3 is 6.09 Å². The molecule has 0 aromatic heterocycles. The second-order valence-electron chi connectivity index (χ2n) is 5.16. The lowest BCUT2D eigenvalue weighted by Crippen LogP contribution is -2.37. The summed E-state index contributed by atoms with van der Waals surface area (Å²) in [5.41, 5.74) is 0.233. The Hall–Kier alpha value is -1.03. The number of carbonyl (C=O) groups is 1. The van der Waals surface area contributed by atoms with E-state index in [0.717, 1.165) is 24.8 Å². The highest BCUT2D eigenvalue weighted by molar-refractivity contribution is 5.67. The van der Waals surface area contributed by atoms with Crippen molar-refractivity contribution in [3.05, 3.63) is 12.2 Å². The molecule has 17 heavy (non-hydrogen) atoms. The fourth-order valence-corrected chi connectivity index (χ4v) is 1.21. The summed E-state index contributed by atoms with van der Waals surface area (Å²) in [6.07, 6.45) is 1.63. The molecule has 0 radical (unpaired) electrons. The Morgan fingerprint density at radius 1 is 1.47 bits per heavy atom. The first-order valence-electron chi connectivity index (χ1n) is 6.09. The van der Waals surface area contributed by atoms with Crippen molar-refractivity contribution in [1.29, 1.82) is 0 Å². The number of nitrogens with one attached hydrogen (secondary N) is 1. The van der Waals surface area contributed by atoms with Gasteiger partial charge in [0.25, 0.3) is 0 Å². The fraction of sp³-hybridized carbons (Fsp3) is 0.769. The van der Waals surface area contributed by atoms with Gasteiger partial charge in [0.1, 0.15) is 5.60 Å². The highest BCUT2D eigenvalue weighted by Crippen LogP contribution is 2.10. The standard InChI is InChI=1S/C13H25NO3/c1-6-7-8-10(2)11(15)9-14-12(16)17-13(3,4)5/h11,15H,2,6-9H2,1,3-5H3,(H,14,16). The molecule has 0 saturated heterocycles. The molecule has 2 N–H and O–H groups in total. The van der Waals surface area contributed by atoms with Gasteiger partial charge in [0.15, 0.2) is 0 Å². The van der Waals surface area contributed by atoms with Crippen LogP contribution in [-0.2, 0) is 4.74 Å². The summed E-state index contributed by atoms with van der Waals surface area (Å²) in [6, 6.07) is 0. The highest BCUT2D eigenvalue weighted by atomic mass is 16.6. The van der Waals surface area contributed by atoms with Crippen LogP contribution in [0.2, 0.25) is 0 Å². The second kappa shape index (κ2) is 7.33. The first kappa shape index (κ1) is 16.0. The number of carbonyl (C=O) groups excluding carboxylic acids is 1. The Bertz CT molecular complexity index is 256. The van der Waals surface area contributed by atoms with E-state index in [1.807, 2.05) is 0 Å². The van der Waals surface area contributed by atoms with Gasteiger partial charge in [0.2, 0.25) is 0 Å². The smallest absolute Gasteiger partial charge is 0.407 e.